The summed E-state index contributed by atoms with van der Waals surface area (Å²) in [6, 6.07) is 9.91. The van der Waals surface area contributed by atoms with Gasteiger partial charge in [0.25, 0.3) is 0 Å². The minimum Gasteiger partial charge on any atom is -0.466 e. The highest BCUT2D eigenvalue weighted by atomic mass is 32.1. The molecule has 0 saturated carbocycles. The standard InChI is InChI=1S/C17H22N4O2S/c1-2-23-16(22)14-9-6-10-20(11-14)12-21-17(24)18-15(19-21)13-7-4-3-5-8-13/h3-5,7-8,14H,2,6,9-12H2,1H3,(H,18,19,24)/t14-/m0/s1. The van der Waals surface area contributed by atoms with E-state index in [0.717, 1.165) is 30.8 Å². The zero-order valence-corrected chi connectivity index (χ0v) is 14.6. The van der Waals surface area contributed by atoms with Gasteiger partial charge in [-0.3, -0.25) is 14.8 Å². The quantitative estimate of drug-likeness (QED) is 0.666. The van der Waals surface area contributed by atoms with Crippen molar-refractivity contribution in [1.29, 1.82) is 0 Å². The lowest BCUT2D eigenvalue weighted by Gasteiger charge is -2.31. The van der Waals surface area contributed by atoms with Gasteiger partial charge in [0.05, 0.1) is 19.2 Å². The number of aromatic amines is 1. The number of H-pyrrole nitrogens is 1. The van der Waals surface area contributed by atoms with Crippen molar-refractivity contribution in [1.82, 2.24) is 19.7 Å². The second kappa shape index (κ2) is 7.72. The van der Waals surface area contributed by atoms with Crippen molar-refractivity contribution in [2.75, 3.05) is 19.7 Å². The lowest BCUT2D eigenvalue weighted by Crippen LogP contribution is -2.40. The Bertz CT molecular complexity index is 741. The number of nitrogens with zero attached hydrogens (tertiary/aromatic N) is 3. The first-order chi connectivity index (χ1) is 11.7. The number of ether oxygens (including phenoxy) is 1. The molecule has 2 heterocycles. The SMILES string of the molecule is CCOC(=O)[C@H]1CCCN(Cn2[nH]c(-c3ccccc3)nc2=S)C1. The number of likely N-dealkylation sites (tertiary alicyclic amines) is 1. The van der Waals surface area contributed by atoms with Crippen molar-refractivity contribution < 1.29 is 9.53 Å². The Kier molecular flexibility index (Phi) is 5.42. The molecule has 128 valence electrons. The summed E-state index contributed by atoms with van der Waals surface area (Å²) < 4.78 is 7.53. The smallest absolute Gasteiger partial charge is 0.310 e. The van der Waals surface area contributed by atoms with Gasteiger partial charge in [0.15, 0.2) is 5.82 Å². The first kappa shape index (κ1) is 16.9. The molecule has 1 fully saturated rings. The predicted molar refractivity (Wildman–Crippen MR) is 93.8 cm³/mol. The van der Waals surface area contributed by atoms with Gasteiger partial charge >= 0.3 is 5.97 Å². The summed E-state index contributed by atoms with van der Waals surface area (Å²) in [7, 11) is 0. The van der Waals surface area contributed by atoms with Gasteiger partial charge in [-0.15, -0.1) is 0 Å². The Morgan fingerprint density at radius 3 is 2.96 bits per heavy atom. The van der Waals surface area contributed by atoms with E-state index in [4.69, 9.17) is 17.0 Å². The van der Waals surface area contributed by atoms with E-state index in [1.54, 1.807) is 0 Å². The summed E-state index contributed by atoms with van der Waals surface area (Å²) in [4.78, 5) is 18.6. The van der Waals surface area contributed by atoms with Crippen LogP contribution in [0.4, 0.5) is 0 Å². The highest BCUT2D eigenvalue weighted by molar-refractivity contribution is 7.71. The third-order valence-electron chi connectivity index (χ3n) is 4.19. The van der Waals surface area contributed by atoms with Crippen LogP contribution in [0.3, 0.4) is 0 Å². The number of carbonyl (C=O) groups is 1. The van der Waals surface area contributed by atoms with Gasteiger partial charge in [0.2, 0.25) is 4.77 Å². The third-order valence-corrected chi connectivity index (χ3v) is 4.50. The Balaban J connectivity index is 1.69. The predicted octanol–water partition coefficient (Wildman–Crippen LogP) is 2.84. The van der Waals surface area contributed by atoms with E-state index >= 15 is 0 Å². The summed E-state index contributed by atoms with van der Waals surface area (Å²) in [6.07, 6.45) is 1.87. The molecule has 0 unspecified atom stereocenters. The van der Waals surface area contributed by atoms with Gasteiger partial charge in [-0.2, -0.15) is 4.98 Å². The van der Waals surface area contributed by atoms with Gasteiger partial charge in [0.1, 0.15) is 0 Å². The fraction of sp³-hybridized carbons (Fsp3) is 0.471. The van der Waals surface area contributed by atoms with E-state index < -0.39 is 0 Å². The summed E-state index contributed by atoms with van der Waals surface area (Å²) >= 11 is 5.37. The molecule has 7 heteroatoms. The van der Waals surface area contributed by atoms with Gasteiger partial charge in [-0.05, 0) is 38.5 Å². The fourth-order valence-corrected chi connectivity index (χ4v) is 3.21. The van der Waals surface area contributed by atoms with Crippen LogP contribution in [-0.2, 0) is 16.2 Å². The molecule has 0 spiro atoms. The highest BCUT2D eigenvalue weighted by Gasteiger charge is 2.27. The van der Waals surface area contributed by atoms with Crippen LogP contribution in [0.1, 0.15) is 19.8 Å². The number of hydrogen-bond donors (Lipinski definition) is 1. The Morgan fingerprint density at radius 1 is 1.42 bits per heavy atom. The number of aromatic nitrogens is 3. The van der Waals surface area contributed by atoms with E-state index in [-0.39, 0.29) is 11.9 Å². The van der Waals surface area contributed by atoms with Gasteiger partial charge in [-0.1, -0.05) is 30.3 Å². The maximum atomic E-state index is 12.0. The molecule has 2 aromatic rings. The zero-order chi connectivity index (χ0) is 16.9. The molecule has 0 radical (unpaired) electrons. The van der Waals surface area contributed by atoms with Crippen LogP contribution in [0, 0.1) is 10.7 Å². The minimum atomic E-state index is -0.0969. The van der Waals surface area contributed by atoms with E-state index in [2.05, 4.69) is 15.0 Å². The lowest BCUT2D eigenvalue weighted by atomic mass is 9.99. The monoisotopic (exact) mass is 346 g/mol. The maximum absolute atomic E-state index is 12.0. The lowest BCUT2D eigenvalue weighted by molar-refractivity contribution is -0.150. The largest absolute Gasteiger partial charge is 0.466 e. The number of carbonyl (C=O) groups excluding carboxylic acids is 1. The molecule has 0 aliphatic carbocycles. The third kappa shape index (κ3) is 3.91. The molecule has 1 atom stereocenters. The Morgan fingerprint density at radius 2 is 2.21 bits per heavy atom. The van der Waals surface area contributed by atoms with Gasteiger partial charge in [-0.25, -0.2) is 4.68 Å². The van der Waals surface area contributed by atoms with Gasteiger partial charge < -0.3 is 4.74 Å². The average Bonchev–Trinajstić information content (AvgIpc) is 2.97. The molecular formula is C17H22N4O2S. The van der Waals surface area contributed by atoms with Crippen LogP contribution >= 0.6 is 12.2 Å². The van der Waals surface area contributed by atoms with Gasteiger partial charge in [0, 0.05) is 12.1 Å². The molecule has 1 N–H and O–H groups in total. The first-order valence-electron chi connectivity index (χ1n) is 8.28. The molecule has 6 nitrogen and oxygen atoms in total. The van der Waals surface area contributed by atoms with Crippen LogP contribution in [0.2, 0.25) is 0 Å². The normalized spacial score (nSPS) is 18.5. The number of esters is 1. The second-order valence-electron chi connectivity index (χ2n) is 5.96. The molecule has 1 saturated heterocycles. The number of nitrogens with one attached hydrogen (secondary N) is 1. The van der Waals surface area contributed by atoms with E-state index in [1.165, 1.54) is 0 Å². The average molecular weight is 346 g/mol. The van der Waals surface area contributed by atoms with Crippen LogP contribution in [0.5, 0.6) is 0 Å². The number of rotatable bonds is 5. The maximum Gasteiger partial charge on any atom is 0.310 e. The fourth-order valence-electron chi connectivity index (χ4n) is 3.01. The molecule has 1 aliphatic rings. The first-order valence-corrected chi connectivity index (χ1v) is 8.69. The van der Waals surface area contributed by atoms with Crippen molar-refractivity contribution >= 4 is 18.2 Å². The van der Waals surface area contributed by atoms with Crippen LogP contribution in [-0.4, -0.2) is 45.3 Å². The van der Waals surface area contributed by atoms with E-state index in [9.17, 15) is 4.79 Å². The van der Waals surface area contributed by atoms with Crippen LogP contribution < -0.4 is 0 Å². The van der Waals surface area contributed by atoms with Crippen molar-refractivity contribution in [3.63, 3.8) is 0 Å². The van der Waals surface area contributed by atoms with Crippen LogP contribution in [0.25, 0.3) is 11.4 Å². The molecule has 0 bridgehead atoms. The topological polar surface area (TPSA) is 63.1 Å². The molecule has 1 aliphatic heterocycles. The summed E-state index contributed by atoms with van der Waals surface area (Å²) in [5.41, 5.74) is 1.00. The van der Waals surface area contributed by atoms with Crippen molar-refractivity contribution in [2.24, 2.45) is 5.92 Å². The highest BCUT2D eigenvalue weighted by Crippen LogP contribution is 2.19. The zero-order valence-electron chi connectivity index (χ0n) is 13.8. The molecule has 3 rings (SSSR count). The molecule has 1 aromatic carbocycles. The van der Waals surface area contributed by atoms with Crippen molar-refractivity contribution in [2.45, 2.75) is 26.4 Å². The molecule has 24 heavy (non-hydrogen) atoms. The summed E-state index contributed by atoms with van der Waals surface area (Å²) in [6.45, 7) is 4.52. The molecule has 0 amide bonds. The molecular weight excluding hydrogens is 324 g/mol. The molecule has 1 aromatic heterocycles. The number of benzene rings is 1. The van der Waals surface area contributed by atoms with Crippen LogP contribution in [0.15, 0.2) is 30.3 Å². The number of piperidine rings is 1. The summed E-state index contributed by atoms with van der Waals surface area (Å²) in [5, 5.41) is 3.26. The van der Waals surface area contributed by atoms with E-state index in [0.29, 0.717) is 24.6 Å². The van der Waals surface area contributed by atoms with Crippen molar-refractivity contribution in [3.8, 4) is 11.4 Å². The van der Waals surface area contributed by atoms with Crippen molar-refractivity contribution in [3.05, 3.63) is 35.1 Å². The number of hydrogen-bond acceptors (Lipinski definition) is 5. The van der Waals surface area contributed by atoms with E-state index in [1.807, 2.05) is 41.9 Å². The Labute approximate surface area is 146 Å². The second-order valence-corrected chi connectivity index (χ2v) is 6.32. The summed E-state index contributed by atoms with van der Waals surface area (Å²) in [5.74, 6) is 0.615. The minimum absolute atomic E-state index is 0.0515. The Hall–Kier alpha value is -1.99.